The minimum atomic E-state index is -4.41. The molecule has 1 aromatic rings. The lowest BCUT2D eigenvalue weighted by molar-refractivity contribution is -0.184. The normalized spacial score (nSPS) is 16.3. The summed E-state index contributed by atoms with van der Waals surface area (Å²) in [5, 5.41) is 5.36. The highest BCUT2D eigenvalue weighted by Gasteiger charge is 2.43. The van der Waals surface area contributed by atoms with Crippen LogP contribution >= 0.6 is 12.4 Å². The van der Waals surface area contributed by atoms with E-state index >= 15 is 0 Å². The molecule has 1 saturated heterocycles. The molecule has 1 amide bonds. The molecule has 0 spiro atoms. The van der Waals surface area contributed by atoms with Crippen molar-refractivity contribution in [2.24, 2.45) is 0 Å². The number of hydrogen-bond acceptors (Lipinski definition) is 4. The zero-order valence-electron chi connectivity index (χ0n) is 14.9. The van der Waals surface area contributed by atoms with Gasteiger partial charge in [-0.05, 0) is 24.1 Å². The van der Waals surface area contributed by atoms with Gasteiger partial charge >= 0.3 is 6.18 Å². The molecule has 0 saturated carbocycles. The Morgan fingerprint density at radius 1 is 1.33 bits per heavy atom. The number of amides is 1. The van der Waals surface area contributed by atoms with Crippen LogP contribution in [0.3, 0.4) is 0 Å². The largest absolute Gasteiger partial charge is 0.494 e. The first kappa shape index (κ1) is 23.5. The minimum Gasteiger partial charge on any atom is -0.494 e. The Morgan fingerprint density at radius 3 is 2.56 bits per heavy atom. The maximum Gasteiger partial charge on any atom is 0.405 e. The molecule has 10 heteroatoms. The number of ether oxygens (including phenoxy) is 1. The topological polar surface area (TPSA) is 53.6 Å². The van der Waals surface area contributed by atoms with E-state index in [1.807, 2.05) is 0 Å². The summed E-state index contributed by atoms with van der Waals surface area (Å²) in [6.07, 6.45) is -4.20. The van der Waals surface area contributed by atoms with Crippen LogP contribution in [0.4, 0.5) is 17.6 Å². The van der Waals surface area contributed by atoms with Crippen molar-refractivity contribution in [3.63, 3.8) is 0 Å². The Labute approximate surface area is 161 Å². The molecular formula is C17H24ClF4N3O2. The molecule has 1 atom stereocenters. The molecule has 1 heterocycles. The number of aryl methyl sites for hydroxylation is 1. The molecule has 5 nitrogen and oxygen atoms in total. The van der Waals surface area contributed by atoms with Gasteiger partial charge in [0.15, 0.2) is 11.6 Å². The van der Waals surface area contributed by atoms with Crippen LogP contribution in [-0.2, 0) is 11.2 Å². The number of rotatable bonds is 7. The summed E-state index contributed by atoms with van der Waals surface area (Å²) in [4.78, 5) is 13.2. The summed E-state index contributed by atoms with van der Waals surface area (Å²) < 4.78 is 58.2. The number of carbonyl (C=O) groups excluding carboxylic acids is 1. The van der Waals surface area contributed by atoms with E-state index in [1.165, 1.54) is 24.1 Å². The van der Waals surface area contributed by atoms with Crippen molar-refractivity contribution in [1.82, 2.24) is 15.5 Å². The highest BCUT2D eigenvalue weighted by atomic mass is 35.5. The first-order valence-corrected chi connectivity index (χ1v) is 8.42. The second-order valence-corrected chi connectivity index (χ2v) is 6.12. The Bertz CT molecular complexity index is 610. The van der Waals surface area contributed by atoms with Crippen molar-refractivity contribution in [3.05, 3.63) is 29.6 Å². The van der Waals surface area contributed by atoms with Crippen molar-refractivity contribution in [1.29, 1.82) is 0 Å². The Kier molecular flexibility index (Phi) is 9.28. The number of nitrogens with one attached hydrogen (secondary N) is 2. The molecule has 1 aromatic carbocycles. The van der Waals surface area contributed by atoms with E-state index in [4.69, 9.17) is 4.74 Å². The monoisotopic (exact) mass is 413 g/mol. The van der Waals surface area contributed by atoms with Gasteiger partial charge in [-0.1, -0.05) is 6.07 Å². The highest BCUT2D eigenvalue weighted by Crippen LogP contribution is 2.25. The smallest absolute Gasteiger partial charge is 0.405 e. The fourth-order valence-corrected chi connectivity index (χ4v) is 2.87. The van der Waals surface area contributed by atoms with Crippen molar-refractivity contribution < 1.29 is 27.1 Å². The molecule has 154 valence electrons. The molecule has 1 aliphatic rings. The molecule has 27 heavy (non-hydrogen) atoms. The van der Waals surface area contributed by atoms with Crippen LogP contribution in [0.1, 0.15) is 12.0 Å². The van der Waals surface area contributed by atoms with Crippen LogP contribution in [0.15, 0.2) is 18.2 Å². The number of halogens is 5. The van der Waals surface area contributed by atoms with Crippen LogP contribution in [0, 0.1) is 5.82 Å². The zero-order chi connectivity index (χ0) is 19.2. The van der Waals surface area contributed by atoms with Crippen molar-refractivity contribution in [3.8, 4) is 5.75 Å². The maximum atomic E-state index is 13.6. The van der Waals surface area contributed by atoms with E-state index in [2.05, 4.69) is 10.6 Å². The van der Waals surface area contributed by atoms with E-state index < -0.39 is 30.5 Å². The van der Waals surface area contributed by atoms with Gasteiger partial charge in [0.05, 0.1) is 7.11 Å². The number of alkyl halides is 3. The average molecular weight is 414 g/mol. The number of piperazine rings is 1. The van der Waals surface area contributed by atoms with Gasteiger partial charge in [-0.25, -0.2) is 4.39 Å². The number of nitrogens with zero attached hydrogens (tertiary/aromatic N) is 1. The third-order valence-electron chi connectivity index (χ3n) is 4.32. The zero-order valence-corrected chi connectivity index (χ0v) is 15.8. The van der Waals surface area contributed by atoms with E-state index in [-0.39, 0.29) is 44.1 Å². The molecule has 1 fully saturated rings. The molecule has 1 unspecified atom stereocenters. The molecule has 0 aliphatic carbocycles. The summed E-state index contributed by atoms with van der Waals surface area (Å²) in [6, 6.07) is 2.62. The third kappa shape index (κ3) is 7.15. The summed E-state index contributed by atoms with van der Waals surface area (Å²) >= 11 is 0. The van der Waals surface area contributed by atoms with Crippen LogP contribution in [0.5, 0.6) is 5.75 Å². The summed E-state index contributed by atoms with van der Waals surface area (Å²) in [6.45, 7) is 1.06. The number of methoxy groups -OCH3 is 1. The van der Waals surface area contributed by atoms with Crippen LogP contribution < -0.4 is 15.4 Å². The second kappa shape index (κ2) is 10.7. The van der Waals surface area contributed by atoms with Crippen molar-refractivity contribution >= 4 is 18.3 Å². The predicted octanol–water partition coefficient (Wildman–Crippen LogP) is 2.14. The molecule has 0 radical (unpaired) electrons. The molecule has 2 rings (SSSR count). The van der Waals surface area contributed by atoms with Gasteiger partial charge < -0.3 is 15.4 Å². The van der Waals surface area contributed by atoms with Gasteiger partial charge in [-0.2, -0.15) is 13.2 Å². The van der Waals surface area contributed by atoms with E-state index in [1.54, 1.807) is 6.07 Å². The summed E-state index contributed by atoms with van der Waals surface area (Å²) in [5.74, 6) is -0.936. The van der Waals surface area contributed by atoms with E-state index in [9.17, 15) is 22.4 Å². The molecule has 1 aliphatic heterocycles. The highest BCUT2D eigenvalue weighted by molar-refractivity contribution is 5.85. The molecule has 0 aromatic heterocycles. The van der Waals surface area contributed by atoms with Gasteiger partial charge in [0.2, 0.25) is 5.91 Å². The first-order chi connectivity index (χ1) is 12.3. The maximum absolute atomic E-state index is 13.6. The molecular weight excluding hydrogens is 390 g/mol. The average Bonchev–Trinajstić information content (AvgIpc) is 2.60. The second-order valence-electron chi connectivity index (χ2n) is 6.12. The lowest BCUT2D eigenvalue weighted by atomic mass is 10.1. The van der Waals surface area contributed by atoms with Crippen LogP contribution in [0.25, 0.3) is 0 Å². The van der Waals surface area contributed by atoms with Gasteiger partial charge in [0.1, 0.15) is 6.04 Å². The number of benzene rings is 1. The fourth-order valence-electron chi connectivity index (χ4n) is 2.87. The van der Waals surface area contributed by atoms with E-state index in [0.29, 0.717) is 18.7 Å². The standard InChI is InChI=1S/C17H23F4N3O2.ClH/c1-26-14-4-2-12(10-13(14)18)3-5-16(25)23-11-15(17(19,20)21)24-8-6-22-7-9-24;/h2,4,10,15,22H,3,5-9,11H2,1H3,(H,23,25);1H. The SMILES string of the molecule is COc1ccc(CCC(=O)NCC(N2CCNCC2)C(F)(F)F)cc1F.Cl. The molecule has 2 N–H and O–H groups in total. The number of carbonyl (C=O) groups is 1. The van der Waals surface area contributed by atoms with Gasteiger partial charge in [-0.15, -0.1) is 12.4 Å². The van der Waals surface area contributed by atoms with Crippen LogP contribution in [-0.4, -0.2) is 62.9 Å². The lowest BCUT2D eigenvalue weighted by Gasteiger charge is -2.35. The number of hydrogen-bond donors (Lipinski definition) is 2. The van der Waals surface area contributed by atoms with Crippen molar-refractivity contribution in [2.75, 3.05) is 39.8 Å². The van der Waals surface area contributed by atoms with Gasteiger partial charge in [-0.3, -0.25) is 9.69 Å². The van der Waals surface area contributed by atoms with Gasteiger partial charge in [0.25, 0.3) is 0 Å². The van der Waals surface area contributed by atoms with E-state index in [0.717, 1.165) is 0 Å². The third-order valence-corrected chi connectivity index (χ3v) is 4.32. The fraction of sp³-hybridized carbons (Fsp3) is 0.588. The quantitative estimate of drug-likeness (QED) is 0.673. The Balaban J connectivity index is 0.00000364. The van der Waals surface area contributed by atoms with Gasteiger partial charge in [0, 0.05) is 39.1 Å². The van der Waals surface area contributed by atoms with Crippen LogP contribution in [0.2, 0.25) is 0 Å². The summed E-state index contributed by atoms with van der Waals surface area (Å²) in [5.41, 5.74) is 0.577. The molecule has 0 bridgehead atoms. The minimum absolute atomic E-state index is 0. The summed E-state index contributed by atoms with van der Waals surface area (Å²) in [7, 11) is 1.35. The van der Waals surface area contributed by atoms with Crippen molar-refractivity contribution in [2.45, 2.75) is 25.1 Å². The Hall–Kier alpha value is -1.58. The first-order valence-electron chi connectivity index (χ1n) is 8.42. The predicted molar refractivity (Wildman–Crippen MR) is 95.8 cm³/mol. The Morgan fingerprint density at radius 2 is 2.00 bits per heavy atom. The lowest BCUT2D eigenvalue weighted by Crippen LogP contribution is -2.57.